The van der Waals surface area contributed by atoms with Crippen LogP contribution >= 0.6 is 0 Å². The quantitative estimate of drug-likeness (QED) is 0.623. The third kappa shape index (κ3) is 2.69. The minimum Gasteiger partial charge on any atom is -0.337 e. The number of nitrogens with zero attached hydrogens (tertiary/aromatic N) is 2. The number of aryl methyl sites for hydroxylation is 1. The van der Waals surface area contributed by atoms with Gasteiger partial charge in [0.2, 0.25) is 0 Å². The Labute approximate surface area is 104 Å². The van der Waals surface area contributed by atoms with Gasteiger partial charge in [-0.1, -0.05) is 13.8 Å². The molecule has 4 nitrogen and oxygen atoms in total. The van der Waals surface area contributed by atoms with Gasteiger partial charge in [-0.25, -0.2) is 10.4 Å². The van der Waals surface area contributed by atoms with Crippen molar-refractivity contribution in [2.24, 2.45) is 30.6 Å². The van der Waals surface area contributed by atoms with E-state index in [-0.39, 0.29) is 6.04 Å². The van der Waals surface area contributed by atoms with Crippen LogP contribution in [0, 0.1) is 17.8 Å². The highest BCUT2D eigenvalue weighted by atomic mass is 15.3. The van der Waals surface area contributed by atoms with Gasteiger partial charge in [-0.05, 0) is 37.0 Å². The average Bonchev–Trinajstić information content (AvgIpc) is 2.65. The molecule has 0 amide bonds. The van der Waals surface area contributed by atoms with Gasteiger partial charge in [-0.3, -0.25) is 5.84 Å². The highest BCUT2D eigenvalue weighted by molar-refractivity contribution is 5.01. The SMILES string of the molecule is CC1CC(C)CC(C(NN)c2nccn2C)C1. The lowest BCUT2D eigenvalue weighted by Gasteiger charge is -2.35. The molecule has 0 bridgehead atoms. The molecular weight excluding hydrogens is 212 g/mol. The number of rotatable bonds is 3. The minimum absolute atomic E-state index is 0.181. The predicted molar refractivity (Wildman–Crippen MR) is 68.9 cm³/mol. The summed E-state index contributed by atoms with van der Waals surface area (Å²) >= 11 is 0. The van der Waals surface area contributed by atoms with Gasteiger partial charge >= 0.3 is 0 Å². The zero-order valence-corrected chi connectivity index (χ0v) is 11.1. The van der Waals surface area contributed by atoms with Crippen molar-refractivity contribution in [1.82, 2.24) is 15.0 Å². The molecule has 96 valence electrons. The topological polar surface area (TPSA) is 55.9 Å². The molecule has 1 saturated carbocycles. The fraction of sp³-hybridized carbons (Fsp3) is 0.769. The van der Waals surface area contributed by atoms with Gasteiger partial charge in [-0.15, -0.1) is 0 Å². The summed E-state index contributed by atoms with van der Waals surface area (Å²) in [6.07, 6.45) is 7.65. The summed E-state index contributed by atoms with van der Waals surface area (Å²) < 4.78 is 2.06. The summed E-state index contributed by atoms with van der Waals surface area (Å²) in [6.45, 7) is 4.68. The molecule has 0 radical (unpaired) electrons. The normalized spacial score (nSPS) is 31.4. The van der Waals surface area contributed by atoms with Crippen LogP contribution in [0.5, 0.6) is 0 Å². The fourth-order valence-corrected chi connectivity index (χ4v) is 3.38. The number of hydrogen-bond donors (Lipinski definition) is 2. The molecule has 1 fully saturated rings. The standard InChI is InChI=1S/C13H24N4/c1-9-6-10(2)8-11(7-9)12(16-14)13-15-4-5-17(13)3/h4-5,9-12,16H,6-8,14H2,1-3H3. The third-order valence-corrected chi connectivity index (χ3v) is 4.00. The van der Waals surface area contributed by atoms with E-state index in [4.69, 9.17) is 5.84 Å². The second-order valence-corrected chi connectivity index (χ2v) is 5.72. The zero-order valence-electron chi connectivity index (χ0n) is 11.1. The van der Waals surface area contributed by atoms with E-state index in [0.717, 1.165) is 17.7 Å². The number of nitrogens with two attached hydrogens (primary N) is 1. The lowest BCUT2D eigenvalue weighted by atomic mass is 9.73. The predicted octanol–water partition coefficient (Wildman–Crippen LogP) is 2.00. The van der Waals surface area contributed by atoms with E-state index in [1.165, 1.54) is 19.3 Å². The van der Waals surface area contributed by atoms with Crippen LogP contribution in [0.25, 0.3) is 0 Å². The first-order chi connectivity index (χ1) is 8.11. The molecule has 0 spiro atoms. The van der Waals surface area contributed by atoms with E-state index in [2.05, 4.69) is 28.8 Å². The van der Waals surface area contributed by atoms with Crippen molar-refractivity contribution in [2.75, 3.05) is 0 Å². The van der Waals surface area contributed by atoms with Crippen molar-refractivity contribution in [3.8, 4) is 0 Å². The molecule has 4 heteroatoms. The molecule has 1 aliphatic rings. The Morgan fingerprint density at radius 1 is 1.35 bits per heavy atom. The first-order valence-corrected chi connectivity index (χ1v) is 6.55. The number of aromatic nitrogens is 2. The van der Waals surface area contributed by atoms with E-state index in [9.17, 15) is 0 Å². The molecule has 3 N–H and O–H groups in total. The van der Waals surface area contributed by atoms with Gasteiger partial charge in [0, 0.05) is 19.4 Å². The minimum atomic E-state index is 0.181. The van der Waals surface area contributed by atoms with Crippen LogP contribution in [-0.4, -0.2) is 9.55 Å². The van der Waals surface area contributed by atoms with Crippen LogP contribution < -0.4 is 11.3 Å². The van der Waals surface area contributed by atoms with Crippen molar-refractivity contribution < 1.29 is 0 Å². The number of hydrogen-bond acceptors (Lipinski definition) is 3. The van der Waals surface area contributed by atoms with Gasteiger partial charge in [0.1, 0.15) is 5.82 Å². The summed E-state index contributed by atoms with van der Waals surface area (Å²) in [6, 6.07) is 0.181. The van der Waals surface area contributed by atoms with E-state index >= 15 is 0 Å². The van der Waals surface area contributed by atoms with E-state index < -0.39 is 0 Å². The Morgan fingerprint density at radius 3 is 2.47 bits per heavy atom. The van der Waals surface area contributed by atoms with Gasteiger partial charge in [0.25, 0.3) is 0 Å². The molecule has 3 atom stereocenters. The third-order valence-electron chi connectivity index (χ3n) is 4.00. The second kappa shape index (κ2) is 5.19. The Kier molecular flexibility index (Phi) is 3.84. The highest BCUT2D eigenvalue weighted by Crippen LogP contribution is 2.38. The molecule has 2 rings (SSSR count). The summed E-state index contributed by atoms with van der Waals surface area (Å²) in [5.74, 6) is 8.99. The molecule has 0 saturated heterocycles. The molecular formula is C13H24N4. The summed E-state index contributed by atoms with van der Waals surface area (Å²) in [4.78, 5) is 4.43. The molecule has 1 heterocycles. The van der Waals surface area contributed by atoms with Crippen molar-refractivity contribution in [2.45, 2.75) is 39.2 Å². The maximum atomic E-state index is 5.75. The molecule has 3 unspecified atom stereocenters. The maximum absolute atomic E-state index is 5.75. The fourth-order valence-electron chi connectivity index (χ4n) is 3.38. The first kappa shape index (κ1) is 12.6. The molecule has 0 aliphatic heterocycles. The van der Waals surface area contributed by atoms with Gasteiger partial charge in [-0.2, -0.15) is 0 Å². The largest absolute Gasteiger partial charge is 0.337 e. The van der Waals surface area contributed by atoms with Crippen LogP contribution in [-0.2, 0) is 7.05 Å². The summed E-state index contributed by atoms with van der Waals surface area (Å²) in [5.41, 5.74) is 2.97. The first-order valence-electron chi connectivity index (χ1n) is 6.55. The van der Waals surface area contributed by atoms with Gasteiger partial charge in [0.05, 0.1) is 6.04 Å². The van der Waals surface area contributed by atoms with Crippen LogP contribution in [0.4, 0.5) is 0 Å². The van der Waals surface area contributed by atoms with Crippen LogP contribution in [0.3, 0.4) is 0 Å². The number of nitrogens with one attached hydrogen (secondary N) is 1. The van der Waals surface area contributed by atoms with Crippen molar-refractivity contribution >= 4 is 0 Å². The van der Waals surface area contributed by atoms with Crippen molar-refractivity contribution in [3.05, 3.63) is 18.2 Å². The van der Waals surface area contributed by atoms with E-state index in [0.29, 0.717) is 5.92 Å². The van der Waals surface area contributed by atoms with Crippen molar-refractivity contribution in [1.29, 1.82) is 0 Å². The Bertz CT molecular complexity index is 350. The Balaban J connectivity index is 2.15. The highest BCUT2D eigenvalue weighted by Gasteiger charge is 2.32. The van der Waals surface area contributed by atoms with Crippen LogP contribution in [0.1, 0.15) is 45.0 Å². The Morgan fingerprint density at radius 2 is 2.00 bits per heavy atom. The van der Waals surface area contributed by atoms with Crippen LogP contribution in [0.2, 0.25) is 0 Å². The monoisotopic (exact) mass is 236 g/mol. The summed E-state index contributed by atoms with van der Waals surface area (Å²) in [7, 11) is 2.03. The molecule has 1 aromatic rings. The lowest BCUT2D eigenvalue weighted by Crippen LogP contribution is -2.38. The van der Waals surface area contributed by atoms with E-state index in [1.54, 1.807) is 0 Å². The summed E-state index contributed by atoms with van der Waals surface area (Å²) in [5, 5.41) is 0. The van der Waals surface area contributed by atoms with Gasteiger partial charge < -0.3 is 4.57 Å². The number of imidazole rings is 1. The average molecular weight is 236 g/mol. The zero-order chi connectivity index (χ0) is 12.4. The molecule has 1 aliphatic carbocycles. The maximum Gasteiger partial charge on any atom is 0.127 e. The molecule has 1 aromatic heterocycles. The lowest BCUT2D eigenvalue weighted by molar-refractivity contribution is 0.171. The molecule has 17 heavy (non-hydrogen) atoms. The Hall–Kier alpha value is -0.870. The van der Waals surface area contributed by atoms with Crippen LogP contribution in [0.15, 0.2) is 12.4 Å². The number of hydrazine groups is 1. The van der Waals surface area contributed by atoms with E-state index in [1.807, 2.05) is 19.4 Å². The van der Waals surface area contributed by atoms with Crippen molar-refractivity contribution in [3.63, 3.8) is 0 Å². The smallest absolute Gasteiger partial charge is 0.127 e. The molecule has 0 aromatic carbocycles. The second-order valence-electron chi connectivity index (χ2n) is 5.72. The van der Waals surface area contributed by atoms with Gasteiger partial charge in [0.15, 0.2) is 0 Å².